The summed E-state index contributed by atoms with van der Waals surface area (Å²) in [4.78, 5) is 42.7. The second-order valence-corrected chi connectivity index (χ2v) is 8.64. The summed E-state index contributed by atoms with van der Waals surface area (Å²) in [7, 11) is 0. The zero-order valence-electron chi connectivity index (χ0n) is 15.3. The molecule has 6 heteroatoms. The van der Waals surface area contributed by atoms with E-state index in [9.17, 15) is 14.4 Å². The van der Waals surface area contributed by atoms with Crippen molar-refractivity contribution in [1.29, 1.82) is 0 Å². The summed E-state index contributed by atoms with van der Waals surface area (Å²) in [5, 5.41) is 2.10. The van der Waals surface area contributed by atoms with E-state index in [0.29, 0.717) is 0 Å². The molecule has 3 aliphatic rings. The minimum Gasteiger partial charge on any atom is -0.335 e. The molecular weight excluding hydrogens is 348 g/mol. The minimum absolute atomic E-state index is 0.0432. The SMILES string of the molecule is CC[C@@H]1c2ccsc2CCN1C(=O)CCN1C(=O)[C@@H]2CCCC[C@H]2C1=O. The van der Waals surface area contributed by atoms with Crippen LogP contribution in [0.3, 0.4) is 0 Å². The van der Waals surface area contributed by atoms with Crippen molar-refractivity contribution in [2.45, 2.75) is 57.9 Å². The molecule has 26 heavy (non-hydrogen) atoms. The topological polar surface area (TPSA) is 57.7 Å². The van der Waals surface area contributed by atoms with Gasteiger partial charge in [0, 0.05) is 24.4 Å². The van der Waals surface area contributed by atoms with Gasteiger partial charge in [0.15, 0.2) is 0 Å². The first-order valence-electron chi connectivity index (χ1n) is 9.82. The van der Waals surface area contributed by atoms with E-state index in [-0.39, 0.29) is 48.6 Å². The lowest BCUT2D eigenvalue weighted by Crippen LogP contribution is -2.41. The molecule has 0 spiro atoms. The van der Waals surface area contributed by atoms with Gasteiger partial charge in [0.2, 0.25) is 17.7 Å². The molecule has 0 aromatic carbocycles. The number of amides is 3. The van der Waals surface area contributed by atoms with E-state index in [1.54, 1.807) is 11.3 Å². The number of nitrogens with zero attached hydrogens (tertiary/aromatic N) is 2. The zero-order chi connectivity index (χ0) is 18.3. The zero-order valence-corrected chi connectivity index (χ0v) is 16.1. The quantitative estimate of drug-likeness (QED) is 0.761. The van der Waals surface area contributed by atoms with Crippen LogP contribution in [0, 0.1) is 11.8 Å². The van der Waals surface area contributed by atoms with Crippen molar-refractivity contribution in [3.63, 3.8) is 0 Å². The number of rotatable bonds is 4. The van der Waals surface area contributed by atoms with Gasteiger partial charge in [0.25, 0.3) is 0 Å². The Bertz CT molecular complexity index is 704. The van der Waals surface area contributed by atoms with Gasteiger partial charge >= 0.3 is 0 Å². The molecule has 1 aromatic heterocycles. The Morgan fingerprint density at radius 2 is 1.88 bits per heavy atom. The van der Waals surface area contributed by atoms with Crippen molar-refractivity contribution in [2.75, 3.05) is 13.1 Å². The molecule has 1 saturated carbocycles. The van der Waals surface area contributed by atoms with Crippen molar-refractivity contribution >= 4 is 29.1 Å². The van der Waals surface area contributed by atoms with E-state index < -0.39 is 0 Å². The highest BCUT2D eigenvalue weighted by Gasteiger charge is 2.48. The Labute approximate surface area is 158 Å². The van der Waals surface area contributed by atoms with Crippen LogP contribution in [0.5, 0.6) is 0 Å². The third-order valence-electron chi connectivity index (χ3n) is 6.28. The van der Waals surface area contributed by atoms with Crippen molar-refractivity contribution < 1.29 is 14.4 Å². The molecule has 0 N–H and O–H groups in total. The molecule has 0 bridgehead atoms. The predicted molar refractivity (Wildman–Crippen MR) is 99.6 cm³/mol. The Morgan fingerprint density at radius 3 is 2.54 bits per heavy atom. The van der Waals surface area contributed by atoms with Crippen LogP contribution in [0.2, 0.25) is 0 Å². The van der Waals surface area contributed by atoms with E-state index in [2.05, 4.69) is 18.4 Å². The van der Waals surface area contributed by atoms with E-state index in [4.69, 9.17) is 0 Å². The van der Waals surface area contributed by atoms with Gasteiger partial charge in [0.1, 0.15) is 0 Å². The predicted octanol–water partition coefficient (Wildman–Crippen LogP) is 3.15. The third kappa shape index (κ3) is 2.88. The number of thiophene rings is 1. The summed E-state index contributed by atoms with van der Waals surface area (Å²) in [6.07, 6.45) is 5.74. The van der Waals surface area contributed by atoms with E-state index in [1.807, 2.05) is 4.90 Å². The normalized spacial score (nSPS) is 28.3. The van der Waals surface area contributed by atoms with Gasteiger partial charge in [-0.3, -0.25) is 19.3 Å². The molecule has 2 aliphatic heterocycles. The largest absolute Gasteiger partial charge is 0.335 e. The summed E-state index contributed by atoms with van der Waals surface area (Å²) in [5.41, 5.74) is 1.27. The lowest BCUT2D eigenvalue weighted by atomic mass is 9.81. The van der Waals surface area contributed by atoms with E-state index in [0.717, 1.165) is 45.1 Å². The number of likely N-dealkylation sites (tertiary alicyclic amines) is 1. The summed E-state index contributed by atoms with van der Waals surface area (Å²) in [6, 6.07) is 2.26. The van der Waals surface area contributed by atoms with Crippen LogP contribution in [0.4, 0.5) is 0 Å². The average Bonchev–Trinajstić information content (AvgIpc) is 3.23. The van der Waals surface area contributed by atoms with Crippen LogP contribution in [0.25, 0.3) is 0 Å². The standard InChI is InChI=1S/C20H26N2O3S/c1-2-16-15-9-12-26-17(15)7-10-21(16)18(23)8-11-22-19(24)13-5-3-4-6-14(13)20(22)25/h9,12-14,16H,2-8,10-11H2,1H3/t13-,14-,16-/m1/s1. The van der Waals surface area contributed by atoms with Crippen molar-refractivity contribution in [1.82, 2.24) is 9.80 Å². The van der Waals surface area contributed by atoms with Crippen molar-refractivity contribution in [3.8, 4) is 0 Å². The highest BCUT2D eigenvalue weighted by atomic mass is 32.1. The first-order valence-corrected chi connectivity index (χ1v) is 10.7. The maximum absolute atomic E-state index is 12.9. The maximum atomic E-state index is 12.9. The second kappa shape index (κ2) is 7.14. The Hall–Kier alpha value is -1.69. The van der Waals surface area contributed by atoms with Crippen LogP contribution in [0.15, 0.2) is 11.4 Å². The van der Waals surface area contributed by atoms with Crippen molar-refractivity contribution in [2.24, 2.45) is 11.8 Å². The van der Waals surface area contributed by atoms with Gasteiger partial charge in [-0.05, 0) is 42.7 Å². The molecule has 1 saturated heterocycles. The summed E-state index contributed by atoms with van der Waals surface area (Å²) in [5.74, 6) is -0.281. The molecule has 0 unspecified atom stereocenters. The first kappa shape index (κ1) is 17.7. The fourth-order valence-electron chi connectivity index (χ4n) is 4.94. The Kier molecular flexibility index (Phi) is 4.86. The molecule has 0 radical (unpaired) electrons. The highest BCUT2D eigenvalue weighted by Crippen LogP contribution is 2.38. The van der Waals surface area contributed by atoms with Gasteiger partial charge in [-0.15, -0.1) is 11.3 Å². The van der Waals surface area contributed by atoms with Gasteiger partial charge < -0.3 is 4.90 Å². The Morgan fingerprint density at radius 1 is 1.19 bits per heavy atom. The maximum Gasteiger partial charge on any atom is 0.233 e. The molecule has 1 aromatic rings. The molecule has 3 amide bonds. The molecule has 3 atom stereocenters. The van der Waals surface area contributed by atoms with Gasteiger partial charge in [-0.25, -0.2) is 0 Å². The summed E-state index contributed by atoms with van der Waals surface area (Å²) in [6.45, 7) is 3.08. The molecule has 3 heterocycles. The molecular formula is C20H26N2O3S. The van der Waals surface area contributed by atoms with Gasteiger partial charge in [-0.1, -0.05) is 19.8 Å². The lowest BCUT2D eigenvalue weighted by molar-refractivity contribution is -0.141. The van der Waals surface area contributed by atoms with Crippen LogP contribution < -0.4 is 0 Å². The van der Waals surface area contributed by atoms with Crippen LogP contribution in [-0.2, 0) is 20.8 Å². The molecule has 1 aliphatic carbocycles. The van der Waals surface area contributed by atoms with E-state index >= 15 is 0 Å². The lowest BCUT2D eigenvalue weighted by Gasteiger charge is -2.35. The second-order valence-electron chi connectivity index (χ2n) is 7.64. The first-order chi connectivity index (χ1) is 12.6. The van der Waals surface area contributed by atoms with Crippen LogP contribution in [0.1, 0.15) is 61.9 Å². The third-order valence-corrected chi connectivity index (χ3v) is 7.28. The molecule has 140 valence electrons. The Balaban J connectivity index is 1.41. The minimum atomic E-state index is -0.127. The number of carbonyl (C=O) groups is 3. The smallest absolute Gasteiger partial charge is 0.233 e. The summed E-state index contributed by atoms with van der Waals surface area (Å²) >= 11 is 1.77. The fraction of sp³-hybridized carbons (Fsp3) is 0.650. The van der Waals surface area contributed by atoms with Gasteiger partial charge in [0.05, 0.1) is 17.9 Å². The van der Waals surface area contributed by atoms with Crippen LogP contribution >= 0.6 is 11.3 Å². The monoisotopic (exact) mass is 374 g/mol. The van der Waals surface area contributed by atoms with Crippen LogP contribution in [-0.4, -0.2) is 40.6 Å². The highest BCUT2D eigenvalue weighted by molar-refractivity contribution is 7.10. The number of fused-ring (bicyclic) bond motifs is 2. The number of imide groups is 1. The number of hydrogen-bond acceptors (Lipinski definition) is 4. The molecule has 4 rings (SSSR count). The van der Waals surface area contributed by atoms with E-state index in [1.165, 1.54) is 15.3 Å². The molecule has 2 fully saturated rings. The summed E-state index contributed by atoms with van der Waals surface area (Å²) < 4.78 is 0. The molecule has 5 nitrogen and oxygen atoms in total. The number of hydrogen-bond donors (Lipinski definition) is 0. The average molecular weight is 375 g/mol. The number of carbonyl (C=O) groups excluding carboxylic acids is 3. The van der Waals surface area contributed by atoms with Gasteiger partial charge in [-0.2, -0.15) is 0 Å². The fourth-order valence-corrected chi connectivity index (χ4v) is 5.87. The van der Waals surface area contributed by atoms with Crippen molar-refractivity contribution in [3.05, 3.63) is 21.9 Å².